The molecule has 1 heterocycles. The number of benzene rings is 4. The molecule has 0 bridgehead atoms. The van der Waals surface area contributed by atoms with Crippen LogP contribution in [0.15, 0.2) is 102 Å². The number of nitrogens with zero attached hydrogens (tertiary/aromatic N) is 7. The fourth-order valence-electron chi connectivity index (χ4n) is 4.93. The molecule has 4 aromatic carbocycles. The molecule has 9 N–H and O–H groups in total. The third-order valence-corrected chi connectivity index (χ3v) is 11.9. The van der Waals surface area contributed by atoms with Crippen LogP contribution in [-0.4, -0.2) is 90.2 Å². The van der Waals surface area contributed by atoms with Gasteiger partial charge in [-0.3, -0.25) is 42.8 Å². The number of aryl methyl sites for hydroxylation is 1. The monoisotopic (exact) mass is 937 g/mol. The first-order chi connectivity index (χ1) is 27.4. The van der Waals surface area contributed by atoms with Crippen LogP contribution in [-0.2, 0) is 50.6 Å². The summed E-state index contributed by atoms with van der Waals surface area (Å²) in [6.45, 7) is 1.31. The number of aromatic amines is 2. The first kappa shape index (κ1) is 44.6. The number of phenols is 2. The van der Waals surface area contributed by atoms with Gasteiger partial charge in [-0.1, -0.05) is 0 Å². The van der Waals surface area contributed by atoms with Crippen LogP contribution in [0.25, 0.3) is 10.8 Å². The van der Waals surface area contributed by atoms with Crippen molar-refractivity contribution in [3.8, 4) is 11.5 Å². The minimum Gasteiger partial charge on any atom is -0.505 e. The van der Waals surface area contributed by atoms with E-state index in [1.54, 1.807) is 0 Å². The second-order valence-electron chi connectivity index (χ2n) is 11.5. The summed E-state index contributed by atoms with van der Waals surface area (Å²) in [5.74, 6) is -3.16. The average Bonchev–Trinajstić information content (AvgIpc) is 3.43. The van der Waals surface area contributed by atoms with E-state index in [2.05, 4.69) is 40.9 Å². The molecular formula is C26H19N9O20S5. The summed E-state index contributed by atoms with van der Waals surface area (Å²) in [5.41, 5.74) is -8.30. The zero-order valence-electron chi connectivity index (χ0n) is 28.7. The number of H-pyrrole nitrogens is 2. The molecule has 0 aliphatic rings. The van der Waals surface area contributed by atoms with Gasteiger partial charge < -0.3 is 15.3 Å². The van der Waals surface area contributed by atoms with Gasteiger partial charge in [-0.15, -0.1) is 30.7 Å². The third kappa shape index (κ3) is 9.05. The van der Waals surface area contributed by atoms with Gasteiger partial charge in [0, 0.05) is 12.1 Å². The third-order valence-electron chi connectivity index (χ3n) is 7.54. The lowest BCUT2D eigenvalue weighted by molar-refractivity contribution is -0.385. The van der Waals surface area contributed by atoms with E-state index in [4.69, 9.17) is 0 Å². The fraction of sp³-hybridized carbons (Fsp3) is 0.0385. The number of nitro groups is 1. The Hall–Kier alpha value is -6.50. The van der Waals surface area contributed by atoms with Gasteiger partial charge in [0.1, 0.15) is 52.9 Å². The van der Waals surface area contributed by atoms with Crippen LogP contribution in [0.5, 0.6) is 11.5 Å². The number of hydrogen-bond acceptors (Lipinski definition) is 21. The average molecular weight is 938 g/mol. The van der Waals surface area contributed by atoms with E-state index in [0.29, 0.717) is 30.3 Å². The van der Waals surface area contributed by atoms with Crippen molar-refractivity contribution in [1.29, 1.82) is 0 Å². The molecule has 29 nitrogen and oxygen atoms in total. The summed E-state index contributed by atoms with van der Waals surface area (Å²) in [4.78, 5) is 15.0. The standard InChI is InChI=1S/C26H19N9O20S5/c1-9-21(26(38)34-27-9)31-29-13-7-17(58(47,48)49)14(8-16(13)57(44,45)46)30-33-23-19(60(53,54)55)5-10-4-18(59(50,51)52)22(24(36)20(10)25(23)37)32-28-12-3-2-11(35(39)40)6-15(12)56(41,42)43/h2-8,36-37H,1H3,(H2,27,34,38)(H,41,42,43)(H,44,45,46)(H,47,48,49)(H,50,51,52)(H,53,54,55). The molecule has 5 aromatic rings. The lowest BCUT2D eigenvalue weighted by atomic mass is 10.1. The number of aromatic hydroxyl groups is 2. The number of aromatic nitrogens is 2. The molecule has 0 aliphatic heterocycles. The van der Waals surface area contributed by atoms with Gasteiger partial charge in [0.15, 0.2) is 17.2 Å². The summed E-state index contributed by atoms with van der Waals surface area (Å²) in [6, 6.07) is 2.60. The first-order valence-electron chi connectivity index (χ1n) is 14.8. The molecule has 0 unspecified atom stereocenters. The molecule has 0 spiro atoms. The van der Waals surface area contributed by atoms with Crippen molar-refractivity contribution in [2.24, 2.45) is 30.7 Å². The van der Waals surface area contributed by atoms with Crippen molar-refractivity contribution in [2.75, 3.05) is 0 Å². The number of nitrogens with one attached hydrogen (secondary N) is 2. The van der Waals surface area contributed by atoms with E-state index in [0.717, 1.165) is 0 Å². The summed E-state index contributed by atoms with van der Waals surface area (Å²) in [7, 11) is -27.6. The van der Waals surface area contributed by atoms with Crippen LogP contribution >= 0.6 is 0 Å². The Morgan fingerprint density at radius 2 is 0.917 bits per heavy atom. The van der Waals surface area contributed by atoms with E-state index in [1.165, 1.54) is 6.92 Å². The van der Waals surface area contributed by atoms with E-state index in [1.807, 2.05) is 0 Å². The predicted molar refractivity (Wildman–Crippen MR) is 195 cm³/mol. The molecule has 0 fully saturated rings. The fourth-order valence-corrected chi connectivity index (χ4v) is 8.14. The highest BCUT2D eigenvalue weighted by atomic mass is 32.2. The van der Waals surface area contributed by atoms with Gasteiger partial charge in [-0.05, 0) is 42.6 Å². The van der Waals surface area contributed by atoms with Crippen molar-refractivity contribution in [3.63, 3.8) is 0 Å². The Morgan fingerprint density at radius 3 is 1.28 bits per heavy atom. The molecule has 0 atom stereocenters. The summed E-state index contributed by atoms with van der Waals surface area (Å²) in [6.07, 6.45) is 0. The molecule has 60 heavy (non-hydrogen) atoms. The van der Waals surface area contributed by atoms with Gasteiger partial charge in [0.25, 0.3) is 61.8 Å². The summed E-state index contributed by atoms with van der Waals surface area (Å²) >= 11 is 0. The number of fused-ring (bicyclic) bond motifs is 1. The number of nitro benzene ring substituents is 1. The van der Waals surface area contributed by atoms with Crippen LogP contribution in [0.3, 0.4) is 0 Å². The van der Waals surface area contributed by atoms with E-state index in [9.17, 15) is 90.0 Å². The second kappa shape index (κ2) is 15.3. The normalized spacial score (nSPS) is 13.3. The number of phenolic OH excluding ortho intramolecular Hbond substituents is 2. The zero-order valence-corrected chi connectivity index (χ0v) is 32.7. The molecule has 0 amide bonds. The van der Waals surface area contributed by atoms with Crippen LogP contribution in [0, 0.1) is 17.0 Å². The predicted octanol–water partition coefficient (Wildman–Crippen LogP) is 3.96. The van der Waals surface area contributed by atoms with E-state index < -0.39 is 148 Å². The molecule has 5 rings (SSSR count). The molecule has 1 aromatic heterocycles. The highest BCUT2D eigenvalue weighted by Gasteiger charge is 2.30. The highest BCUT2D eigenvalue weighted by molar-refractivity contribution is 7.87. The quantitative estimate of drug-likeness (QED) is 0.0370. The molecule has 0 saturated carbocycles. The first-order valence-corrected chi connectivity index (χ1v) is 22.0. The van der Waals surface area contributed by atoms with Gasteiger partial charge >= 0.3 is 0 Å². The van der Waals surface area contributed by atoms with Crippen molar-refractivity contribution in [2.45, 2.75) is 31.4 Å². The van der Waals surface area contributed by atoms with Gasteiger partial charge in [-0.2, -0.15) is 42.1 Å². The Bertz CT molecular complexity index is 3430. The number of azo groups is 3. The number of hydrogen-bond donors (Lipinski definition) is 9. The molecule has 318 valence electrons. The van der Waals surface area contributed by atoms with Crippen LogP contribution in [0.4, 0.5) is 39.8 Å². The van der Waals surface area contributed by atoms with Gasteiger partial charge in [0.2, 0.25) is 0 Å². The highest BCUT2D eigenvalue weighted by Crippen LogP contribution is 2.50. The summed E-state index contributed by atoms with van der Waals surface area (Å²) in [5, 5.41) is 56.3. The van der Waals surface area contributed by atoms with Gasteiger partial charge in [0.05, 0.1) is 16.0 Å². The van der Waals surface area contributed by atoms with E-state index in [-0.39, 0.29) is 17.8 Å². The maximum absolute atomic E-state index is 12.5. The SMILES string of the molecule is Cc1[nH][nH]c(=O)c1N=Nc1cc(S(=O)(=O)O)c(N=Nc2c(S(=O)(=O)O)cc3cc(S(=O)(=O)O)c(N=Nc4ccc([N+](=O)[O-])cc4S(=O)(=O)O)c(O)c3c2O)cc1S(=O)(=O)O. The minimum absolute atomic E-state index is 0.0496. The van der Waals surface area contributed by atoms with Crippen molar-refractivity contribution >= 4 is 101 Å². The summed E-state index contributed by atoms with van der Waals surface area (Å²) < 4.78 is 172. The largest absolute Gasteiger partial charge is 0.505 e. The second-order valence-corrected chi connectivity index (χ2v) is 18.4. The van der Waals surface area contributed by atoms with Crippen LogP contribution < -0.4 is 5.56 Å². The Kier molecular flexibility index (Phi) is 11.3. The van der Waals surface area contributed by atoms with E-state index >= 15 is 0 Å². The Morgan fingerprint density at radius 1 is 0.533 bits per heavy atom. The Balaban J connectivity index is 1.81. The Labute approximate surface area is 332 Å². The van der Waals surface area contributed by atoms with Crippen LogP contribution in [0.1, 0.15) is 5.69 Å². The van der Waals surface area contributed by atoms with Crippen molar-refractivity contribution < 1.29 is 80.0 Å². The maximum atomic E-state index is 12.5. The lowest BCUT2D eigenvalue weighted by Crippen LogP contribution is -2.03. The molecule has 34 heteroatoms. The maximum Gasteiger partial charge on any atom is 0.297 e. The minimum atomic E-state index is -5.65. The zero-order chi connectivity index (χ0) is 45.1. The van der Waals surface area contributed by atoms with Gasteiger partial charge in [-0.25, -0.2) is 0 Å². The molecular weight excluding hydrogens is 919 g/mol. The number of non-ortho nitro benzene ring substituents is 1. The molecule has 0 radical (unpaired) electrons. The van der Waals surface area contributed by atoms with Crippen molar-refractivity contribution in [3.05, 3.63) is 68.6 Å². The lowest BCUT2D eigenvalue weighted by Gasteiger charge is -2.13. The number of rotatable bonds is 12. The topological polar surface area (TPSA) is 478 Å². The molecule has 0 aliphatic carbocycles. The molecule has 0 saturated heterocycles. The smallest absolute Gasteiger partial charge is 0.297 e. The van der Waals surface area contributed by atoms with Crippen molar-refractivity contribution in [1.82, 2.24) is 10.2 Å². The van der Waals surface area contributed by atoms with Crippen LogP contribution in [0.2, 0.25) is 0 Å².